The fraction of sp³-hybridized carbons (Fsp3) is 1.00. The third-order valence-corrected chi connectivity index (χ3v) is 3.87. The molecule has 0 amide bonds. The lowest BCUT2D eigenvalue weighted by atomic mass is 9.92. The number of hydrogen-bond donors (Lipinski definition) is 1. The van der Waals surface area contributed by atoms with Gasteiger partial charge in [0.05, 0.1) is 12.2 Å². The number of hydrogen-bond acceptors (Lipinski definition) is 3. The molecule has 0 aromatic heterocycles. The Hall–Kier alpha value is -0.120. The van der Waals surface area contributed by atoms with Crippen LogP contribution in [0.1, 0.15) is 44.9 Å². The molecule has 2 fully saturated rings. The van der Waals surface area contributed by atoms with E-state index in [0.717, 1.165) is 19.6 Å². The monoisotopic (exact) mass is 227 g/mol. The van der Waals surface area contributed by atoms with Crippen LogP contribution in [-0.4, -0.2) is 38.5 Å². The predicted molar refractivity (Wildman–Crippen MR) is 64.6 cm³/mol. The van der Waals surface area contributed by atoms with Crippen molar-refractivity contribution in [2.45, 2.75) is 63.2 Å². The van der Waals surface area contributed by atoms with Crippen LogP contribution in [0.25, 0.3) is 0 Å². The van der Waals surface area contributed by atoms with Crippen molar-refractivity contribution in [3.63, 3.8) is 0 Å². The second-order valence-corrected chi connectivity index (χ2v) is 5.01. The van der Waals surface area contributed by atoms with Gasteiger partial charge in [-0.15, -0.1) is 0 Å². The highest BCUT2D eigenvalue weighted by Crippen LogP contribution is 2.22. The molecular weight excluding hydrogens is 202 g/mol. The molecule has 1 saturated carbocycles. The molecule has 0 bridgehead atoms. The minimum Gasteiger partial charge on any atom is -0.378 e. The Morgan fingerprint density at radius 3 is 2.81 bits per heavy atom. The average molecular weight is 227 g/mol. The lowest BCUT2D eigenvalue weighted by Crippen LogP contribution is -2.42. The summed E-state index contributed by atoms with van der Waals surface area (Å²) in [4.78, 5) is 0. The van der Waals surface area contributed by atoms with E-state index in [1.165, 1.54) is 38.5 Å². The average Bonchev–Trinajstić information content (AvgIpc) is 2.83. The van der Waals surface area contributed by atoms with Crippen LogP contribution in [0.2, 0.25) is 0 Å². The molecule has 2 rings (SSSR count). The van der Waals surface area contributed by atoms with Gasteiger partial charge in [-0.05, 0) is 39.2 Å². The van der Waals surface area contributed by atoms with Crippen molar-refractivity contribution in [2.75, 3.05) is 20.3 Å². The van der Waals surface area contributed by atoms with Crippen molar-refractivity contribution in [3.05, 3.63) is 0 Å². The summed E-state index contributed by atoms with van der Waals surface area (Å²) in [7, 11) is 2.05. The highest BCUT2D eigenvalue weighted by molar-refractivity contribution is 4.80. The van der Waals surface area contributed by atoms with Crippen LogP contribution >= 0.6 is 0 Å². The highest BCUT2D eigenvalue weighted by Gasteiger charge is 2.24. The number of ether oxygens (including phenoxy) is 2. The Labute approximate surface area is 98.9 Å². The minimum atomic E-state index is 0.431. The lowest BCUT2D eigenvalue weighted by Gasteiger charge is -2.31. The predicted octanol–water partition coefficient (Wildman–Crippen LogP) is 2.10. The van der Waals surface area contributed by atoms with Crippen LogP contribution < -0.4 is 5.32 Å². The molecule has 2 aliphatic rings. The maximum Gasteiger partial charge on any atom is 0.0727 e. The van der Waals surface area contributed by atoms with Gasteiger partial charge < -0.3 is 14.8 Å². The van der Waals surface area contributed by atoms with Crippen molar-refractivity contribution in [1.29, 1.82) is 0 Å². The van der Waals surface area contributed by atoms with Gasteiger partial charge in [0.25, 0.3) is 0 Å². The van der Waals surface area contributed by atoms with E-state index in [1.807, 2.05) is 7.05 Å². The van der Waals surface area contributed by atoms with Gasteiger partial charge in [-0.25, -0.2) is 0 Å². The molecule has 0 aromatic rings. The molecule has 3 atom stereocenters. The van der Waals surface area contributed by atoms with Crippen LogP contribution in [0, 0.1) is 0 Å². The zero-order valence-electron chi connectivity index (χ0n) is 10.4. The Kier molecular flexibility index (Phi) is 5.07. The van der Waals surface area contributed by atoms with Crippen LogP contribution in [0.15, 0.2) is 0 Å². The molecule has 16 heavy (non-hydrogen) atoms. The second kappa shape index (κ2) is 6.58. The van der Waals surface area contributed by atoms with E-state index in [9.17, 15) is 0 Å². The van der Waals surface area contributed by atoms with E-state index in [4.69, 9.17) is 9.47 Å². The fourth-order valence-electron chi connectivity index (χ4n) is 2.85. The number of rotatable bonds is 5. The van der Waals surface area contributed by atoms with E-state index in [-0.39, 0.29) is 0 Å². The summed E-state index contributed by atoms with van der Waals surface area (Å²) in [6, 6.07) is 0.568. The quantitative estimate of drug-likeness (QED) is 0.780. The van der Waals surface area contributed by atoms with Gasteiger partial charge in [-0.3, -0.25) is 0 Å². The first-order valence-electron chi connectivity index (χ1n) is 6.80. The standard InChI is InChI=1S/C13H25NO2/c1-14-12-6-2-3-7-13(12)16-10-8-11-5-4-9-15-11/h11-14H,2-10H2,1H3. The molecule has 3 nitrogen and oxygen atoms in total. The molecule has 0 radical (unpaired) electrons. The van der Waals surface area contributed by atoms with Gasteiger partial charge in [0.15, 0.2) is 0 Å². The van der Waals surface area contributed by atoms with Crippen molar-refractivity contribution in [1.82, 2.24) is 5.32 Å². The SMILES string of the molecule is CNC1CCCCC1OCCC1CCCO1. The summed E-state index contributed by atoms with van der Waals surface area (Å²) in [5, 5.41) is 3.38. The Morgan fingerprint density at radius 1 is 1.19 bits per heavy atom. The third-order valence-electron chi connectivity index (χ3n) is 3.87. The van der Waals surface area contributed by atoms with Gasteiger partial charge in [0.2, 0.25) is 0 Å². The third kappa shape index (κ3) is 3.44. The maximum atomic E-state index is 6.01. The second-order valence-electron chi connectivity index (χ2n) is 5.01. The largest absolute Gasteiger partial charge is 0.378 e. The Morgan fingerprint density at radius 2 is 2.06 bits per heavy atom. The molecule has 1 aliphatic heterocycles. The van der Waals surface area contributed by atoms with Crippen LogP contribution in [0.5, 0.6) is 0 Å². The molecule has 94 valence electrons. The van der Waals surface area contributed by atoms with Gasteiger partial charge in [-0.2, -0.15) is 0 Å². The topological polar surface area (TPSA) is 30.5 Å². The Balaban J connectivity index is 1.63. The molecule has 1 aliphatic carbocycles. The smallest absolute Gasteiger partial charge is 0.0727 e. The summed E-state index contributed by atoms with van der Waals surface area (Å²) >= 11 is 0. The van der Waals surface area contributed by atoms with Crippen LogP contribution in [0.4, 0.5) is 0 Å². The van der Waals surface area contributed by atoms with Gasteiger partial charge in [0.1, 0.15) is 0 Å². The first kappa shape index (κ1) is 12.3. The highest BCUT2D eigenvalue weighted by atomic mass is 16.5. The van der Waals surface area contributed by atoms with E-state index in [1.54, 1.807) is 0 Å². The first-order valence-corrected chi connectivity index (χ1v) is 6.80. The van der Waals surface area contributed by atoms with Gasteiger partial charge in [0, 0.05) is 19.3 Å². The van der Waals surface area contributed by atoms with Crippen molar-refractivity contribution in [3.8, 4) is 0 Å². The molecule has 1 N–H and O–H groups in total. The number of likely N-dealkylation sites (N-methyl/N-ethyl adjacent to an activating group) is 1. The van der Waals surface area contributed by atoms with Gasteiger partial charge in [-0.1, -0.05) is 12.8 Å². The van der Waals surface area contributed by atoms with Crippen molar-refractivity contribution >= 4 is 0 Å². The summed E-state index contributed by atoms with van der Waals surface area (Å²) < 4.78 is 11.6. The van der Waals surface area contributed by atoms with Crippen LogP contribution in [0.3, 0.4) is 0 Å². The Bertz CT molecular complexity index is 192. The molecule has 0 aromatic carbocycles. The lowest BCUT2D eigenvalue weighted by molar-refractivity contribution is -0.0119. The summed E-state index contributed by atoms with van der Waals surface area (Å²) in [6.07, 6.45) is 9.58. The summed E-state index contributed by atoms with van der Waals surface area (Å²) in [5.74, 6) is 0. The van der Waals surface area contributed by atoms with E-state index < -0.39 is 0 Å². The van der Waals surface area contributed by atoms with Crippen molar-refractivity contribution in [2.24, 2.45) is 0 Å². The maximum absolute atomic E-state index is 6.01. The molecule has 0 spiro atoms. The van der Waals surface area contributed by atoms with E-state index >= 15 is 0 Å². The zero-order valence-corrected chi connectivity index (χ0v) is 10.4. The molecule has 3 unspecified atom stereocenters. The van der Waals surface area contributed by atoms with E-state index in [0.29, 0.717) is 18.2 Å². The van der Waals surface area contributed by atoms with Gasteiger partial charge >= 0.3 is 0 Å². The molecular formula is C13H25NO2. The normalized spacial score (nSPS) is 35.4. The van der Waals surface area contributed by atoms with Crippen molar-refractivity contribution < 1.29 is 9.47 Å². The summed E-state index contributed by atoms with van der Waals surface area (Å²) in [5.41, 5.74) is 0. The van der Waals surface area contributed by atoms with E-state index in [2.05, 4.69) is 5.32 Å². The van der Waals surface area contributed by atoms with Crippen LogP contribution in [-0.2, 0) is 9.47 Å². The fourth-order valence-corrected chi connectivity index (χ4v) is 2.85. The number of nitrogens with one attached hydrogen (secondary N) is 1. The molecule has 3 heteroatoms. The summed E-state index contributed by atoms with van der Waals surface area (Å²) in [6.45, 7) is 1.82. The minimum absolute atomic E-state index is 0.431. The first-order chi connectivity index (χ1) is 7.90. The molecule has 1 saturated heterocycles. The zero-order chi connectivity index (χ0) is 11.2. The molecule has 1 heterocycles.